The molecule has 1 N–H and O–H groups in total. The van der Waals surface area contributed by atoms with E-state index in [4.69, 9.17) is 0 Å². The third-order valence-corrected chi connectivity index (χ3v) is 6.22. The van der Waals surface area contributed by atoms with Crippen LogP contribution in [0.4, 0.5) is 0 Å². The number of piperidine rings is 4. The maximum Gasteiger partial charge on any atom is 0.222 e. The van der Waals surface area contributed by atoms with Gasteiger partial charge in [-0.1, -0.05) is 0 Å². The fourth-order valence-corrected chi connectivity index (χ4v) is 5.58. The summed E-state index contributed by atoms with van der Waals surface area (Å²) >= 11 is 0. The van der Waals surface area contributed by atoms with Crippen molar-refractivity contribution in [3.63, 3.8) is 0 Å². The van der Waals surface area contributed by atoms with E-state index in [-0.39, 0.29) is 0 Å². The Labute approximate surface area is 114 Å². The van der Waals surface area contributed by atoms with Gasteiger partial charge in [-0.2, -0.15) is 4.65 Å². The second-order valence-corrected chi connectivity index (χ2v) is 7.14. The molecule has 0 saturated carbocycles. The molecule has 0 aromatic heterocycles. The predicted molar refractivity (Wildman–Crippen MR) is 70.4 cm³/mol. The summed E-state index contributed by atoms with van der Waals surface area (Å²) in [4.78, 5) is 14.4. The molecule has 1 amide bonds. The summed E-state index contributed by atoms with van der Waals surface area (Å²) < 4.78 is 0.327. The van der Waals surface area contributed by atoms with Crippen molar-refractivity contribution in [3.8, 4) is 0 Å². The minimum Gasteiger partial charge on any atom is -0.339 e. The molecule has 0 radical (unpaired) electrons. The van der Waals surface area contributed by atoms with Crippen molar-refractivity contribution in [2.75, 3.05) is 19.6 Å². The van der Waals surface area contributed by atoms with Crippen molar-refractivity contribution < 1.29 is 14.6 Å². The first-order valence-corrected chi connectivity index (χ1v) is 8.08. The summed E-state index contributed by atoms with van der Waals surface area (Å²) in [6.45, 7) is 2.81. The van der Waals surface area contributed by atoms with Gasteiger partial charge in [0.2, 0.25) is 5.91 Å². The van der Waals surface area contributed by atoms with Gasteiger partial charge in [0.15, 0.2) is 0 Å². The molecule has 4 aliphatic heterocycles. The van der Waals surface area contributed by atoms with Crippen LogP contribution in [0.15, 0.2) is 0 Å². The van der Waals surface area contributed by atoms with E-state index >= 15 is 0 Å². The molecule has 4 fully saturated rings. The smallest absolute Gasteiger partial charge is 0.222 e. The molecule has 0 aromatic rings. The van der Waals surface area contributed by atoms with E-state index in [0.717, 1.165) is 45.3 Å². The molecule has 4 heterocycles. The third kappa shape index (κ3) is 1.69. The molecule has 4 heteroatoms. The lowest BCUT2D eigenvalue weighted by Gasteiger charge is -2.58. The van der Waals surface area contributed by atoms with Gasteiger partial charge < -0.3 is 4.90 Å². The number of amides is 1. The summed E-state index contributed by atoms with van der Waals surface area (Å²) in [6, 6.07) is 0.861. The van der Waals surface area contributed by atoms with Crippen LogP contribution in [0, 0.1) is 11.8 Å². The van der Waals surface area contributed by atoms with Gasteiger partial charge in [0.05, 0.1) is 0 Å². The number of rotatable bonds is 0. The third-order valence-electron chi connectivity index (χ3n) is 6.22. The quantitative estimate of drug-likeness (QED) is 0.678. The van der Waals surface area contributed by atoms with E-state index < -0.39 is 0 Å². The first-order chi connectivity index (χ1) is 9.19. The number of hydrogen-bond acceptors (Lipinski definition) is 2. The summed E-state index contributed by atoms with van der Waals surface area (Å²) in [5, 5.41) is 11.0. The van der Waals surface area contributed by atoms with E-state index in [0.29, 0.717) is 34.5 Å². The molecular formula is C15H25N2O2+. The Morgan fingerprint density at radius 1 is 1.11 bits per heavy atom. The zero-order chi connectivity index (χ0) is 13.0. The fraction of sp³-hybridized carbons (Fsp3) is 0.933. The number of quaternary nitrogens is 1. The first kappa shape index (κ1) is 12.2. The van der Waals surface area contributed by atoms with Crippen LogP contribution >= 0.6 is 0 Å². The average molecular weight is 265 g/mol. The SMILES string of the molecule is O=C1CCC[C@H]2[C@@H]3CCC[N@+]4(O)CCC[C@H](CN12)[C@H]34. The molecule has 4 nitrogen and oxygen atoms in total. The van der Waals surface area contributed by atoms with Gasteiger partial charge in [-0.3, -0.25) is 4.79 Å². The molecule has 5 atom stereocenters. The summed E-state index contributed by atoms with van der Waals surface area (Å²) in [5.41, 5.74) is 0. The van der Waals surface area contributed by atoms with Crippen LogP contribution in [0.5, 0.6) is 0 Å². The fourth-order valence-electron chi connectivity index (χ4n) is 5.58. The van der Waals surface area contributed by atoms with E-state index in [1.54, 1.807) is 0 Å². The van der Waals surface area contributed by atoms with Crippen molar-refractivity contribution in [1.29, 1.82) is 0 Å². The van der Waals surface area contributed by atoms with Gasteiger partial charge in [-0.05, 0) is 25.7 Å². The molecule has 0 aliphatic carbocycles. The molecule has 0 spiro atoms. The van der Waals surface area contributed by atoms with Crippen molar-refractivity contribution in [1.82, 2.24) is 4.90 Å². The normalized spacial score (nSPS) is 49.5. The molecular weight excluding hydrogens is 240 g/mol. The van der Waals surface area contributed by atoms with Crippen LogP contribution in [0.1, 0.15) is 44.9 Å². The van der Waals surface area contributed by atoms with Gasteiger partial charge in [0.1, 0.15) is 19.1 Å². The first-order valence-electron chi connectivity index (χ1n) is 8.08. The van der Waals surface area contributed by atoms with Crippen LogP contribution in [0.2, 0.25) is 0 Å². The highest BCUT2D eigenvalue weighted by Crippen LogP contribution is 2.47. The number of hydroxylamine groups is 3. The van der Waals surface area contributed by atoms with Crippen LogP contribution in [-0.4, -0.2) is 52.4 Å². The van der Waals surface area contributed by atoms with Crippen LogP contribution in [0.3, 0.4) is 0 Å². The van der Waals surface area contributed by atoms with E-state index in [2.05, 4.69) is 4.90 Å². The van der Waals surface area contributed by atoms with Gasteiger partial charge in [0, 0.05) is 43.7 Å². The minimum atomic E-state index is 0.327. The number of hydrogen-bond donors (Lipinski definition) is 1. The van der Waals surface area contributed by atoms with Crippen molar-refractivity contribution >= 4 is 5.91 Å². The summed E-state index contributed by atoms with van der Waals surface area (Å²) in [7, 11) is 0. The standard InChI is InChI=1S/C15H25N2O2/c18-14-7-1-6-13-12-5-3-9-17(19)8-2-4-11(15(12)17)10-16(13)14/h11-13,15,19H,1-10H2/q+1/t11-,12+,13+,15-,17-/m1/s1. The lowest BCUT2D eigenvalue weighted by Crippen LogP contribution is -2.72. The average Bonchev–Trinajstić information content (AvgIpc) is 2.40. The highest BCUT2D eigenvalue weighted by atomic mass is 16.5. The Morgan fingerprint density at radius 3 is 2.74 bits per heavy atom. The molecule has 0 bridgehead atoms. The number of carbonyl (C=O) groups is 1. The minimum absolute atomic E-state index is 0.327. The Morgan fingerprint density at radius 2 is 1.89 bits per heavy atom. The van der Waals surface area contributed by atoms with Crippen LogP contribution in [0.25, 0.3) is 0 Å². The van der Waals surface area contributed by atoms with Gasteiger partial charge >= 0.3 is 0 Å². The van der Waals surface area contributed by atoms with Gasteiger partial charge in [-0.25, -0.2) is 5.21 Å². The topological polar surface area (TPSA) is 40.5 Å². The molecule has 0 unspecified atom stereocenters. The monoisotopic (exact) mass is 265 g/mol. The molecule has 0 aromatic carbocycles. The van der Waals surface area contributed by atoms with E-state index in [1.807, 2.05) is 0 Å². The molecule has 19 heavy (non-hydrogen) atoms. The Hall–Kier alpha value is -0.610. The summed E-state index contributed by atoms with van der Waals surface area (Å²) in [5.74, 6) is 1.48. The van der Waals surface area contributed by atoms with E-state index in [9.17, 15) is 10.0 Å². The summed E-state index contributed by atoms with van der Waals surface area (Å²) in [6.07, 6.45) is 7.65. The molecule has 4 rings (SSSR count). The number of fused-ring (bicyclic) bond motifs is 2. The lowest BCUT2D eigenvalue weighted by atomic mass is 9.67. The zero-order valence-electron chi connectivity index (χ0n) is 11.6. The highest BCUT2D eigenvalue weighted by molar-refractivity contribution is 5.77. The van der Waals surface area contributed by atoms with E-state index in [1.165, 1.54) is 19.3 Å². The second-order valence-electron chi connectivity index (χ2n) is 7.14. The van der Waals surface area contributed by atoms with Crippen molar-refractivity contribution in [2.24, 2.45) is 11.8 Å². The molecule has 106 valence electrons. The van der Waals surface area contributed by atoms with Crippen LogP contribution in [-0.2, 0) is 4.79 Å². The van der Waals surface area contributed by atoms with Crippen molar-refractivity contribution in [3.05, 3.63) is 0 Å². The lowest BCUT2D eigenvalue weighted by molar-refractivity contribution is -1.13. The number of carbonyl (C=O) groups excluding carboxylic acids is 1. The maximum absolute atomic E-state index is 12.2. The largest absolute Gasteiger partial charge is 0.339 e. The van der Waals surface area contributed by atoms with Crippen LogP contribution < -0.4 is 0 Å². The molecule has 4 aliphatic rings. The Bertz CT molecular complexity index is 396. The zero-order valence-corrected chi connectivity index (χ0v) is 11.6. The predicted octanol–water partition coefficient (Wildman–Crippen LogP) is 1.78. The van der Waals surface area contributed by atoms with Gasteiger partial charge in [0.25, 0.3) is 0 Å². The number of nitrogens with zero attached hydrogens (tertiary/aromatic N) is 2. The van der Waals surface area contributed by atoms with Crippen molar-refractivity contribution in [2.45, 2.75) is 57.0 Å². The molecule has 4 saturated heterocycles. The second kappa shape index (κ2) is 4.19. The van der Waals surface area contributed by atoms with Gasteiger partial charge in [-0.15, -0.1) is 0 Å². The Balaban J connectivity index is 1.69. The maximum atomic E-state index is 12.2. The Kier molecular flexibility index (Phi) is 2.68. The highest BCUT2D eigenvalue weighted by Gasteiger charge is 2.58.